The number of nitrogens with zero attached hydrogens (tertiary/aromatic N) is 2. The van der Waals surface area contributed by atoms with Crippen LogP contribution in [0.3, 0.4) is 0 Å². The summed E-state index contributed by atoms with van der Waals surface area (Å²) >= 11 is 0. The van der Waals surface area contributed by atoms with Gasteiger partial charge in [0.1, 0.15) is 29.4 Å². The fourth-order valence-electron chi connectivity index (χ4n) is 3.15. The third-order valence-corrected chi connectivity index (χ3v) is 4.89. The van der Waals surface area contributed by atoms with Gasteiger partial charge in [-0.3, -0.25) is 9.59 Å². The van der Waals surface area contributed by atoms with Crippen LogP contribution in [0, 0.1) is 0 Å². The summed E-state index contributed by atoms with van der Waals surface area (Å²) in [5.41, 5.74) is 1.22. The Kier molecular flexibility index (Phi) is 6.92. The third kappa shape index (κ3) is 5.22. The second-order valence-electron chi connectivity index (χ2n) is 7.05. The normalized spacial score (nSPS) is 12.5. The summed E-state index contributed by atoms with van der Waals surface area (Å²) in [6.07, 6.45) is 3.46. The first-order valence-electron chi connectivity index (χ1n) is 9.79. The molecule has 162 valence electrons. The predicted octanol–water partition coefficient (Wildman–Crippen LogP) is 2.46. The highest BCUT2D eigenvalue weighted by atomic mass is 16.5. The van der Waals surface area contributed by atoms with Crippen molar-refractivity contribution < 1.29 is 19.1 Å². The lowest BCUT2D eigenvalue weighted by molar-refractivity contribution is -0.123. The summed E-state index contributed by atoms with van der Waals surface area (Å²) in [6, 6.07) is 12.8. The standard InChI is InChI=1S/C23H26N4O4/c1-15(25-23(29)16-8-6-5-7-9-16)22(28)26-20(21-24-10-11-27(21)2)17-12-18(30-3)14-19(13-17)31-4/h5-15,20H,1-4H3,(H,25,29)(H,26,28)/t15-,20+/m1/s1. The maximum atomic E-state index is 13.0. The maximum absolute atomic E-state index is 13.0. The summed E-state index contributed by atoms with van der Waals surface area (Å²) in [7, 11) is 4.97. The van der Waals surface area contributed by atoms with Crippen molar-refractivity contribution in [2.75, 3.05) is 14.2 Å². The van der Waals surface area contributed by atoms with Crippen LogP contribution in [-0.2, 0) is 11.8 Å². The summed E-state index contributed by atoms with van der Waals surface area (Å²) in [6.45, 7) is 1.64. The van der Waals surface area contributed by atoms with Gasteiger partial charge in [0.2, 0.25) is 5.91 Å². The van der Waals surface area contributed by atoms with Gasteiger partial charge < -0.3 is 24.7 Å². The first kappa shape index (κ1) is 21.9. The molecule has 3 rings (SSSR count). The molecule has 2 atom stereocenters. The van der Waals surface area contributed by atoms with Crippen molar-refractivity contribution >= 4 is 11.8 Å². The Balaban J connectivity index is 1.85. The Hall–Kier alpha value is -3.81. The van der Waals surface area contributed by atoms with Gasteiger partial charge in [-0.2, -0.15) is 0 Å². The number of rotatable bonds is 8. The van der Waals surface area contributed by atoms with Gasteiger partial charge in [-0.25, -0.2) is 4.98 Å². The highest BCUT2D eigenvalue weighted by Crippen LogP contribution is 2.29. The van der Waals surface area contributed by atoms with E-state index in [-0.39, 0.29) is 11.8 Å². The van der Waals surface area contributed by atoms with E-state index in [0.29, 0.717) is 22.9 Å². The van der Waals surface area contributed by atoms with E-state index in [1.807, 2.05) is 29.8 Å². The molecule has 2 aromatic carbocycles. The Morgan fingerprint density at radius 2 is 1.65 bits per heavy atom. The van der Waals surface area contributed by atoms with E-state index in [2.05, 4.69) is 15.6 Å². The fourth-order valence-corrected chi connectivity index (χ4v) is 3.15. The molecular formula is C23H26N4O4. The largest absolute Gasteiger partial charge is 0.497 e. The highest BCUT2D eigenvalue weighted by Gasteiger charge is 2.25. The molecule has 0 aliphatic heterocycles. The van der Waals surface area contributed by atoms with Crippen LogP contribution in [0.15, 0.2) is 60.9 Å². The Labute approximate surface area is 181 Å². The van der Waals surface area contributed by atoms with Gasteiger partial charge in [0.05, 0.1) is 14.2 Å². The number of amides is 2. The number of imidazole rings is 1. The van der Waals surface area contributed by atoms with Gasteiger partial charge in [0, 0.05) is 31.1 Å². The van der Waals surface area contributed by atoms with E-state index >= 15 is 0 Å². The first-order valence-corrected chi connectivity index (χ1v) is 9.79. The topological polar surface area (TPSA) is 94.5 Å². The molecule has 2 amide bonds. The van der Waals surface area contributed by atoms with Crippen LogP contribution in [0.1, 0.15) is 34.7 Å². The van der Waals surface area contributed by atoms with Gasteiger partial charge in [-0.05, 0) is 36.8 Å². The molecule has 0 saturated carbocycles. The lowest BCUT2D eigenvalue weighted by Crippen LogP contribution is -2.46. The molecular weight excluding hydrogens is 396 g/mol. The number of methoxy groups -OCH3 is 2. The van der Waals surface area contributed by atoms with E-state index in [9.17, 15) is 9.59 Å². The van der Waals surface area contributed by atoms with Gasteiger partial charge in [-0.15, -0.1) is 0 Å². The predicted molar refractivity (Wildman–Crippen MR) is 116 cm³/mol. The molecule has 0 saturated heterocycles. The van der Waals surface area contributed by atoms with Crippen molar-refractivity contribution in [2.24, 2.45) is 7.05 Å². The molecule has 0 unspecified atom stereocenters. The first-order chi connectivity index (χ1) is 14.9. The number of carbonyl (C=O) groups excluding carboxylic acids is 2. The van der Waals surface area contributed by atoms with Crippen molar-refractivity contribution in [3.05, 3.63) is 77.9 Å². The van der Waals surface area contributed by atoms with Crippen molar-refractivity contribution in [1.82, 2.24) is 20.2 Å². The zero-order valence-corrected chi connectivity index (χ0v) is 18.0. The third-order valence-electron chi connectivity index (χ3n) is 4.89. The summed E-state index contributed by atoms with van der Waals surface area (Å²) in [5.74, 6) is 1.14. The molecule has 1 heterocycles. The van der Waals surface area contributed by atoms with Gasteiger partial charge >= 0.3 is 0 Å². The van der Waals surface area contributed by atoms with Crippen LogP contribution >= 0.6 is 0 Å². The summed E-state index contributed by atoms with van der Waals surface area (Å²) in [4.78, 5) is 29.8. The highest BCUT2D eigenvalue weighted by molar-refractivity contribution is 5.97. The van der Waals surface area contributed by atoms with Crippen LogP contribution in [-0.4, -0.2) is 41.6 Å². The Morgan fingerprint density at radius 1 is 1.00 bits per heavy atom. The SMILES string of the molecule is COc1cc(OC)cc([C@H](NC(=O)[C@@H](C)NC(=O)c2ccccc2)c2nccn2C)c1. The maximum Gasteiger partial charge on any atom is 0.251 e. The average Bonchev–Trinajstić information content (AvgIpc) is 3.22. The van der Waals surface area contributed by atoms with E-state index in [1.165, 1.54) is 0 Å². The van der Waals surface area contributed by atoms with E-state index in [4.69, 9.17) is 9.47 Å². The molecule has 0 aliphatic carbocycles. The van der Waals surface area contributed by atoms with Crippen LogP contribution in [0.2, 0.25) is 0 Å². The molecule has 0 fully saturated rings. The van der Waals surface area contributed by atoms with Crippen molar-refractivity contribution in [1.29, 1.82) is 0 Å². The molecule has 0 bridgehead atoms. The van der Waals surface area contributed by atoms with Crippen LogP contribution in [0.4, 0.5) is 0 Å². The minimum atomic E-state index is -0.761. The summed E-state index contributed by atoms with van der Waals surface area (Å²) in [5, 5.41) is 5.72. The zero-order chi connectivity index (χ0) is 22.4. The quantitative estimate of drug-likeness (QED) is 0.582. The van der Waals surface area contributed by atoms with Crippen molar-refractivity contribution in [3.8, 4) is 11.5 Å². The van der Waals surface area contributed by atoms with E-state index in [0.717, 1.165) is 5.56 Å². The molecule has 3 aromatic rings. The van der Waals surface area contributed by atoms with Gasteiger partial charge in [0.25, 0.3) is 5.91 Å². The number of nitrogens with one attached hydrogen (secondary N) is 2. The number of hydrogen-bond donors (Lipinski definition) is 2. The number of carbonyl (C=O) groups is 2. The summed E-state index contributed by atoms with van der Waals surface area (Å²) < 4.78 is 12.6. The molecule has 31 heavy (non-hydrogen) atoms. The van der Waals surface area contributed by atoms with Gasteiger partial charge in [-0.1, -0.05) is 18.2 Å². The molecule has 8 nitrogen and oxygen atoms in total. The average molecular weight is 422 g/mol. The molecule has 2 N–H and O–H groups in total. The van der Waals surface area contributed by atoms with E-state index < -0.39 is 12.1 Å². The van der Waals surface area contributed by atoms with Crippen molar-refractivity contribution in [2.45, 2.75) is 19.0 Å². The molecule has 0 spiro atoms. The zero-order valence-electron chi connectivity index (χ0n) is 18.0. The second-order valence-corrected chi connectivity index (χ2v) is 7.05. The number of benzene rings is 2. The number of aryl methyl sites for hydroxylation is 1. The monoisotopic (exact) mass is 422 g/mol. The van der Waals surface area contributed by atoms with Crippen molar-refractivity contribution in [3.63, 3.8) is 0 Å². The molecule has 0 radical (unpaired) electrons. The molecule has 1 aromatic heterocycles. The van der Waals surface area contributed by atoms with Crippen LogP contribution in [0.25, 0.3) is 0 Å². The number of aromatic nitrogens is 2. The number of hydrogen-bond acceptors (Lipinski definition) is 5. The van der Waals surface area contributed by atoms with E-state index in [1.54, 1.807) is 63.9 Å². The van der Waals surface area contributed by atoms with Crippen LogP contribution in [0.5, 0.6) is 11.5 Å². The molecule has 0 aliphatic rings. The minimum Gasteiger partial charge on any atom is -0.497 e. The molecule has 8 heteroatoms. The smallest absolute Gasteiger partial charge is 0.251 e. The van der Waals surface area contributed by atoms with Crippen LogP contribution < -0.4 is 20.1 Å². The second kappa shape index (κ2) is 9.80. The Bertz CT molecular complexity index is 1030. The lowest BCUT2D eigenvalue weighted by Gasteiger charge is -2.23. The fraction of sp³-hybridized carbons (Fsp3) is 0.261. The van der Waals surface area contributed by atoms with Gasteiger partial charge in [0.15, 0.2) is 0 Å². The minimum absolute atomic E-state index is 0.320. The number of ether oxygens (including phenoxy) is 2. The Morgan fingerprint density at radius 3 is 2.19 bits per heavy atom. The lowest BCUT2D eigenvalue weighted by atomic mass is 10.0.